The SMILES string of the molecule is CC(C)(C)OC(=O)N[C@H]1CCCCC/C=C\[C@@H]2C[C@@]2(C(=O)O)NC(=O)[C@@H]2C[C@@H](N3NNC(C4CCCC(/C=C/C5CCCCC5)C4)N3)CN2C1=O. The van der Waals surface area contributed by atoms with Crippen LogP contribution < -0.4 is 27.0 Å². The zero-order valence-corrected chi connectivity index (χ0v) is 30.8. The zero-order valence-electron chi connectivity index (χ0n) is 30.8. The number of alkyl carbamates (subject to hydrolysis) is 1. The fraction of sp³-hybridized carbons (Fsp3) is 0.789. The highest BCUT2D eigenvalue weighted by molar-refractivity contribution is 5.96. The van der Waals surface area contributed by atoms with Crippen LogP contribution in [0.25, 0.3) is 0 Å². The highest BCUT2D eigenvalue weighted by Gasteiger charge is 2.61. The average molecular weight is 712 g/mol. The van der Waals surface area contributed by atoms with E-state index in [2.05, 4.69) is 39.2 Å². The number of nitrogens with one attached hydrogen (secondary N) is 5. The molecule has 0 aromatic rings. The van der Waals surface area contributed by atoms with E-state index in [0.717, 1.165) is 38.0 Å². The number of hydrogen-bond acceptors (Lipinski definition) is 9. The summed E-state index contributed by atoms with van der Waals surface area (Å²) >= 11 is 0. The van der Waals surface area contributed by atoms with Gasteiger partial charge in [-0.15, -0.1) is 0 Å². The maximum absolute atomic E-state index is 14.4. The maximum atomic E-state index is 14.4. The van der Waals surface area contributed by atoms with E-state index in [1.807, 2.05) is 17.3 Å². The van der Waals surface area contributed by atoms with Crippen molar-refractivity contribution in [1.82, 2.24) is 37.0 Å². The Kier molecular flexibility index (Phi) is 12.1. The molecule has 5 fully saturated rings. The molecule has 3 unspecified atom stereocenters. The molecule has 3 aliphatic carbocycles. The van der Waals surface area contributed by atoms with Crippen LogP contribution in [-0.4, -0.2) is 81.0 Å². The molecule has 6 aliphatic rings. The van der Waals surface area contributed by atoms with Crippen LogP contribution >= 0.6 is 0 Å². The molecule has 6 N–H and O–H groups in total. The molecule has 284 valence electrons. The molecule has 51 heavy (non-hydrogen) atoms. The number of ether oxygens (including phenoxy) is 1. The lowest BCUT2D eigenvalue weighted by Gasteiger charge is -2.32. The number of rotatable bonds is 6. The number of carbonyl (C=O) groups is 4. The van der Waals surface area contributed by atoms with E-state index in [4.69, 9.17) is 4.74 Å². The highest BCUT2D eigenvalue weighted by atomic mass is 16.6. The average Bonchev–Trinajstić information content (AvgIpc) is 3.39. The minimum absolute atomic E-state index is 0.00526. The Morgan fingerprint density at radius 2 is 1.69 bits per heavy atom. The number of aliphatic carboxylic acids is 1. The van der Waals surface area contributed by atoms with E-state index >= 15 is 0 Å². The predicted molar refractivity (Wildman–Crippen MR) is 192 cm³/mol. The Morgan fingerprint density at radius 3 is 2.45 bits per heavy atom. The molecule has 6 rings (SSSR count). The van der Waals surface area contributed by atoms with Crippen molar-refractivity contribution in [1.29, 1.82) is 0 Å². The summed E-state index contributed by atoms with van der Waals surface area (Å²) in [6.07, 6.45) is 23.6. The number of amides is 3. The van der Waals surface area contributed by atoms with Gasteiger partial charge in [0.25, 0.3) is 0 Å². The van der Waals surface area contributed by atoms with Crippen molar-refractivity contribution in [3.63, 3.8) is 0 Å². The van der Waals surface area contributed by atoms with Crippen molar-refractivity contribution < 1.29 is 29.0 Å². The summed E-state index contributed by atoms with van der Waals surface area (Å²) in [6.45, 7) is 5.53. The number of hydrogen-bond donors (Lipinski definition) is 6. The summed E-state index contributed by atoms with van der Waals surface area (Å²) in [4.78, 5) is 55.3. The van der Waals surface area contributed by atoms with Gasteiger partial charge in [0.15, 0.2) is 0 Å². The molecule has 8 atom stereocenters. The highest BCUT2D eigenvalue weighted by Crippen LogP contribution is 2.45. The molecule has 3 aliphatic heterocycles. The second kappa shape index (κ2) is 16.3. The Balaban J connectivity index is 1.16. The predicted octanol–water partition coefficient (Wildman–Crippen LogP) is 4.43. The van der Waals surface area contributed by atoms with Gasteiger partial charge in [0, 0.05) is 12.5 Å². The molecule has 0 aromatic heterocycles. The monoisotopic (exact) mass is 711 g/mol. The first-order valence-corrected chi connectivity index (χ1v) is 19.7. The third kappa shape index (κ3) is 9.52. The van der Waals surface area contributed by atoms with Crippen LogP contribution in [0.15, 0.2) is 24.3 Å². The molecule has 0 radical (unpaired) electrons. The molecule has 0 aromatic carbocycles. The van der Waals surface area contributed by atoms with Crippen LogP contribution in [0.2, 0.25) is 0 Å². The van der Waals surface area contributed by atoms with Crippen LogP contribution in [-0.2, 0) is 19.1 Å². The van der Waals surface area contributed by atoms with Gasteiger partial charge in [-0.1, -0.05) is 62.8 Å². The van der Waals surface area contributed by atoms with Crippen LogP contribution in [0.1, 0.15) is 124 Å². The summed E-state index contributed by atoms with van der Waals surface area (Å²) < 4.78 is 5.52. The Bertz CT molecular complexity index is 1330. The van der Waals surface area contributed by atoms with Crippen LogP contribution in [0.4, 0.5) is 4.79 Å². The second-order valence-corrected chi connectivity index (χ2v) is 16.9. The third-order valence-electron chi connectivity index (χ3n) is 11.8. The quantitative estimate of drug-likeness (QED) is 0.217. The topological polar surface area (TPSA) is 164 Å². The van der Waals surface area contributed by atoms with Crippen molar-refractivity contribution in [2.45, 2.75) is 159 Å². The van der Waals surface area contributed by atoms with Gasteiger partial charge in [-0.05, 0) is 103 Å². The lowest BCUT2D eigenvalue weighted by Crippen LogP contribution is -2.56. The standard InChI is InChI=1S/C38H61N7O6/c1-37(2,3)51-36(50)39-30-18-11-6-4-5-10-17-28-23-38(28,35(48)49)40-33(46)31-22-29(24-44(31)34(30)47)45-42-32(41-43-45)27-16-12-15-26(21-27)20-19-25-13-8-7-9-14-25/h10,17,19-20,25-32,41-43H,4-9,11-16,18,21-24H2,1-3H3,(H,39,50)(H,40,46)(H,48,49)/b17-10-,20-19+/t26?,27?,28-,29-,30+,31+,32?,38-/m1/s1. The molecule has 3 saturated carbocycles. The largest absolute Gasteiger partial charge is 0.479 e. The Morgan fingerprint density at radius 1 is 0.961 bits per heavy atom. The Labute approximate surface area is 303 Å². The van der Waals surface area contributed by atoms with Crippen molar-refractivity contribution >= 4 is 23.9 Å². The van der Waals surface area contributed by atoms with Gasteiger partial charge in [-0.2, -0.15) is 10.7 Å². The van der Waals surface area contributed by atoms with Gasteiger partial charge >= 0.3 is 12.1 Å². The fourth-order valence-electron chi connectivity index (χ4n) is 8.87. The molecule has 3 heterocycles. The first-order chi connectivity index (χ1) is 24.4. The molecule has 13 nitrogen and oxygen atoms in total. The molecule has 2 saturated heterocycles. The van der Waals surface area contributed by atoms with E-state index in [9.17, 15) is 24.3 Å². The summed E-state index contributed by atoms with van der Waals surface area (Å²) in [5.74, 6) is -0.521. The summed E-state index contributed by atoms with van der Waals surface area (Å²) in [5.41, 5.74) is 8.20. The Hall–Kier alpha value is -3.00. The number of nitrogens with zero attached hydrogens (tertiary/aromatic N) is 2. The molecular weight excluding hydrogens is 650 g/mol. The molecular formula is C38H61N7O6. The first kappa shape index (κ1) is 37.7. The maximum Gasteiger partial charge on any atom is 0.408 e. The second-order valence-electron chi connectivity index (χ2n) is 16.9. The van der Waals surface area contributed by atoms with E-state index in [1.54, 1.807) is 20.8 Å². The van der Waals surface area contributed by atoms with E-state index in [-0.39, 0.29) is 30.6 Å². The van der Waals surface area contributed by atoms with Crippen LogP contribution in [0.5, 0.6) is 0 Å². The number of carboxylic acid groups (broad SMARTS) is 1. The zero-order chi connectivity index (χ0) is 36.2. The van der Waals surface area contributed by atoms with Crippen LogP contribution in [0, 0.1) is 23.7 Å². The first-order valence-electron chi connectivity index (χ1n) is 19.7. The summed E-state index contributed by atoms with van der Waals surface area (Å²) in [7, 11) is 0. The number of allylic oxidation sites excluding steroid dienone is 3. The fourth-order valence-corrected chi connectivity index (χ4v) is 8.87. The van der Waals surface area contributed by atoms with Crippen molar-refractivity contribution in [2.75, 3.05) is 6.54 Å². The normalized spacial score (nSPS) is 36.8. The van der Waals surface area contributed by atoms with E-state index in [1.165, 1.54) is 49.8 Å². The van der Waals surface area contributed by atoms with E-state index < -0.39 is 41.2 Å². The minimum Gasteiger partial charge on any atom is -0.479 e. The van der Waals surface area contributed by atoms with Gasteiger partial charge in [-0.3, -0.25) is 9.59 Å². The third-order valence-corrected chi connectivity index (χ3v) is 11.8. The van der Waals surface area contributed by atoms with Crippen molar-refractivity contribution in [2.24, 2.45) is 23.7 Å². The van der Waals surface area contributed by atoms with Crippen molar-refractivity contribution in [3.8, 4) is 0 Å². The van der Waals surface area contributed by atoms with Gasteiger partial charge in [0.1, 0.15) is 23.2 Å². The van der Waals surface area contributed by atoms with Gasteiger partial charge in [0.2, 0.25) is 11.8 Å². The summed E-state index contributed by atoms with van der Waals surface area (Å²) in [5, 5.41) is 17.7. The molecule has 0 spiro atoms. The molecule has 13 heteroatoms. The number of hydrazine groups is 3. The van der Waals surface area contributed by atoms with E-state index in [0.29, 0.717) is 37.5 Å². The molecule has 0 bridgehead atoms. The van der Waals surface area contributed by atoms with Gasteiger partial charge in [0.05, 0.1) is 12.2 Å². The number of carboxylic acids is 1. The minimum atomic E-state index is -1.38. The lowest BCUT2D eigenvalue weighted by atomic mass is 9.79. The number of fused-ring (bicyclic) bond motifs is 2. The van der Waals surface area contributed by atoms with Crippen molar-refractivity contribution in [3.05, 3.63) is 24.3 Å². The summed E-state index contributed by atoms with van der Waals surface area (Å²) in [6, 6.07) is -2.09. The number of carbonyl (C=O) groups excluding carboxylic acids is 3. The lowest BCUT2D eigenvalue weighted by molar-refractivity contribution is -0.145. The van der Waals surface area contributed by atoms with Crippen LogP contribution in [0.3, 0.4) is 0 Å². The smallest absolute Gasteiger partial charge is 0.408 e. The van der Waals surface area contributed by atoms with Gasteiger partial charge in [-0.25, -0.2) is 20.4 Å². The molecule has 3 amide bonds. The van der Waals surface area contributed by atoms with Gasteiger partial charge < -0.3 is 25.4 Å².